The molecule has 0 aliphatic carbocycles. The number of esters is 2. The lowest BCUT2D eigenvalue weighted by atomic mass is 10.4. The second-order valence-electron chi connectivity index (χ2n) is 3.54. The van der Waals surface area contributed by atoms with E-state index in [1.165, 1.54) is 14.2 Å². The van der Waals surface area contributed by atoms with E-state index in [1.807, 2.05) is 0 Å². The van der Waals surface area contributed by atoms with Gasteiger partial charge in [0.15, 0.2) is 12.4 Å². The lowest BCUT2D eigenvalue weighted by Gasteiger charge is -1.89. The summed E-state index contributed by atoms with van der Waals surface area (Å²) in [6.07, 6.45) is 3.35. The van der Waals surface area contributed by atoms with Crippen LogP contribution >= 0.6 is 0 Å². The number of aromatic nitrogens is 2. The summed E-state index contributed by atoms with van der Waals surface area (Å²) < 4.78 is 8.93. The summed E-state index contributed by atoms with van der Waals surface area (Å²) in [7, 11) is 2.70. The second-order valence-corrected chi connectivity index (χ2v) is 3.54. The minimum Gasteiger partial charge on any atom is -1.00 e. The fraction of sp³-hybridized carbons (Fsp3) is 0.143. The maximum Gasteiger partial charge on any atom is 0.403 e. The van der Waals surface area contributed by atoms with Crippen LogP contribution in [-0.2, 0) is 9.47 Å². The number of carbonyl (C=O) groups excluding carboxylic acids is 2. The molecule has 0 atom stereocenters. The molecule has 2 heterocycles. The van der Waals surface area contributed by atoms with E-state index in [4.69, 9.17) is 0 Å². The Morgan fingerprint density at radius 2 is 1.14 bits per heavy atom. The number of rotatable bonds is 2. The lowest BCUT2D eigenvalue weighted by Crippen LogP contribution is -3.00. The minimum absolute atomic E-state index is 0. The Labute approximate surface area is 140 Å². The Morgan fingerprint density at radius 1 is 0.773 bits per heavy atom. The molecule has 0 spiro atoms. The Bertz CT molecular complexity index is 502. The number of H-pyrrole nitrogens is 2. The van der Waals surface area contributed by atoms with Crippen molar-refractivity contribution in [1.82, 2.24) is 0 Å². The van der Waals surface area contributed by atoms with Crippen molar-refractivity contribution in [2.24, 2.45) is 0 Å². The van der Waals surface area contributed by atoms with Crippen LogP contribution in [0.25, 0.3) is 0 Å². The Morgan fingerprint density at radius 3 is 1.36 bits per heavy atom. The van der Waals surface area contributed by atoms with Gasteiger partial charge in [-0.25, -0.2) is 19.6 Å². The molecule has 8 heteroatoms. The maximum atomic E-state index is 10.8. The van der Waals surface area contributed by atoms with Crippen LogP contribution in [0.15, 0.2) is 48.8 Å². The van der Waals surface area contributed by atoms with Gasteiger partial charge in [-0.3, -0.25) is 0 Å². The zero-order valence-electron chi connectivity index (χ0n) is 12.0. The fourth-order valence-electron chi connectivity index (χ4n) is 1.26. The zero-order chi connectivity index (χ0) is 14.8. The van der Waals surface area contributed by atoms with Gasteiger partial charge in [-0.05, 0) is 12.1 Å². The van der Waals surface area contributed by atoms with Gasteiger partial charge in [0.25, 0.3) is 11.4 Å². The second kappa shape index (κ2) is 12.6. The van der Waals surface area contributed by atoms with Crippen LogP contribution < -0.4 is 34.8 Å². The summed E-state index contributed by atoms with van der Waals surface area (Å²) in [5, 5.41) is 0. The molecular formula is C14H16Cl2N2O4. The molecule has 0 bridgehead atoms. The predicted molar refractivity (Wildman–Crippen MR) is 68.7 cm³/mol. The van der Waals surface area contributed by atoms with Crippen molar-refractivity contribution in [1.29, 1.82) is 0 Å². The van der Waals surface area contributed by atoms with E-state index in [2.05, 4.69) is 19.4 Å². The van der Waals surface area contributed by atoms with E-state index in [0.717, 1.165) is 0 Å². The number of halogens is 2. The molecule has 6 nitrogen and oxygen atoms in total. The first kappa shape index (κ1) is 22.1. The Balaban J connectivity index is 0. The van der Waals surface area contributed by atoms with Gasteiger partial charge in [-0.15, -0.1) is 0 Å². The molecule has 0 amide bonds. The summed E-state index contributed by atoms with van der Waals surface area (Å²) in [5.41, 5.74) is 0.926. The SMILES string of the molecule is COC(=O)c1cccc[nH+]1.COC(=O)c1cccc[nH+]1.[Cl-].[Cl-]. The number of ether oxygens (including phenoxy) is 2. The van der Waals surface area contributed by atoms with Gasteiger partial charge < -0.3 is 34.3 Å². The van der Waals surface area contributed by atoms with Crippen molar-refractivity contribution in [2.45, 2.75) is 0 Å². The molecule has 0 aliphatic rings. The van der Waals surface area contributed by atoms with E-state index in [9.17, 15) is 9.59 Å². The van der Waals surface area contributed by atoms with Crippen molar-refractivity contribution in [3.8, 4) is 0 Å². The molecule has 2 N–H and O–H groups in total. The average molecular weight is 347 g/mol. The third-order valence-corrected chi connectivity index (χ3v) is 2.23. The normalized spacial score (nSPS) is 8.09. The molecule has 0 saturated heterocycles. The zero-order valence-corrected chi connectivity index (χ0v) is 13.5. The third kappa shape index (κ3) is 7.56. The molecule has 120 valence electrons. The number of hydrogen-bond acceptors (Lipinski definition) is 4. The number of aromatic amines is 2. The Hall–Kier alpha value is -2.18. The van der Waals surface area contributed by atoms with Crippen molar-refractivity contribution >= 4 is 11.9 Å². The predicted octanol–water partition coefficient (Wildman–Crippen LogP) is -5.42. The number of methoxy groups -OCH3 is 2. The molecule has 2 aromatic heterocycles. The summed E-state index contributed by atoms with van der Waals surface area (Å²) in [5.74, 6) is -0.693. The van der Waals surface area contributed by atoms with Crippen LogP contribution in [0.5, 0.6) is 0 Å². The van der Waals surface area contributed by atoms with E-state index in [-0.39, 0.29) is 36.8 Å². The van der Waals surface area contributed by atoms with Gasteiger partial charge in [0.1, 0.15) is 0 Å². The molecular weight excluding hydrogens is 331 g/mol. The van der Waals surface area contributed by atoms with Crippen LogP contribution in [0, 0.1) is 0 Å². The molecule has 0 fully saturated rings. The van der Waals surface area contributed by atoms with Crippen LogP contribution in [0.4, 0.5) is 0 Å². The molecule has 2 aromatic rings. The summed E-state index contributed by atoms with van der Waals surface area (Å²) in [4.78, 5) is 27.0. The van der Waals surface area contributed by atoms with Gasteiger partial charge >= 0.3 is 11.9 Å². The molecule has 0 aliphatic heterocycles. The van der Waals surface area contributed by atoms with Crippen LogP contribution in [-0.4, -0.2) is 26.2 Å². The topological polar surface area (TPSA) is 80.9 Å². The lowest BCUT2D eigenvalue weighted by molar-refractivity contribution is -0.383. The van der Waals surface area contributed by atoms with Crippen LogP contribution in [0.3, 0.4) is 0 Å². The molecule has 0 unspecified atom stereocenters. The number of nitrogens with one attached hydrogen (secondary N) is 2. The maximum absolute atomic E-state index is 10.8. The summed E-state index contributed by atoms with van der Waals surface area (Å²) in [6.45, 7) is 0. The van der Waals surface area contributed by atoms with Crippen molar-refractivity contribution < 1.29 is 53.8 Å². The monoisotopic (exact) mass is 346 g/mol. The number of carbonyl (C=O) groups is 2. The number of pyridine rings is 2. The summed E-state index contributed by atoms with van der Waals surface area (Å²) >= 11 is 0. The largest absolute Gasteiger partial charge is 1.00 e. The van der Waals surface area contributed by atoms with Gasteiger partial charge in [-0.2, -0.15) is 0 Å². The van der Waals surface area contributed by atoms with E-state index in [1.54, 1.807) is 48.8 Å². The average Bonchev–Trinajstić information content (AvgIpc) is 2.55. The fourth-order valence-corrected chi connectivity index (χ4v) is 1.26. The number of hydrogen-bond donors (Lipinski definition) is 0. The molecule has 0 radical (unpaired) electrons. The third-order valence-electron chi connectivity index (χ3n) is 2.23. The highest BCUT2D eigenvalue weighted by Crippen LogP contribution is 1.90. The van der Waals surface area contributed by atoms with Gasteiger partial charge in [-0.1, -0.05) is 0 Å². The van der Waals surface area contributed by atoms with Gasteiger partial charge in [0.05, 0.1) is 14.2 Å². The van der Waals surface area contributed by atoms with Crippen LogP contribution in [0.2, 0.25) is 0 Å². The first-order valence-corrected chi connectivity index (χ1v) is 5.79. The highest BCUT2D eigenvalue weighted by molar-refractivity contribution is 5.85. The van der Waals surface area contributed by atoms with E-state index in [0.29, 0.717) is 11.4 Å². The van der Waals surface area contributed by atoms with Gasteiger partial charge in [0, 0.05) is 24.3 Å². The van der Waals surface area contributed by atoms with Crippen LogP contribution in [0.1, 0.15) is 21.0 Å². The highest BCUT2D eigenvalue weighted by Gasteiger charge is 2.10. The highest BCUT2D eigenvalue weighted by atomic mass is 35.5. The first-order valence-electron chi connectivity index (χ1n) is 5.79. The molecule has 2 rings (SSSR count). The standard InChI is InChI=1S/2C7H7NO2.2ClH/c2*1-10-7(9)6-4-2-3-5-8-6;;/h2*2-5H,1H3;2*1H. The smallest absolute Gasteiger partial charge is 0.403 e. The van der Waals surface area contributed by atoms with E-state index < -0.39 is 0 Å². The molecule has 22 heavy (non-hydrogen) atoms. The Kier molecular flexibility index (Phi) is 12.6. The molecule has 0 saturated carbocycles. The quantitative estimate of drug-likeness (QED) is 0.508. The van der Waals surface area contributed by atoms with Crippen molar-refractivity contribution in [3.05, 3.63) is 60.2 Å². The van der Waals surface area contributed by atoms with Crippen molar-refractivity contribution in [2.75, 3.05) is 14.2 Å². The van der Waals surface area contributed by atoms with E-state index >= 15 is 0 Å². The molecule has 0 aromatic carbocycles. The summed E-state index contributed by atoms with van der Waals surface area (Å²) in [6, 6.07) is 10.4. The first-order chi connectivity index (χ1) is 9.69. The minimum atomic E-state index is -0.347. The van der Waals surface area contributed by atoms with Crippen molar-refractivity contribution in [3.63, 3.8) is 0 Å². The van der Waals surface area contributed by atoms with Gasteiger partial charge in [0.2, 0.25) is 0 Å².